The smallest absolute Gasteiger partial charge is 0.210 e. The third-order valence-corrected chi connectivity index (χ3v) is 5.26. The molecule has 0 radical (unpaired) electrons. The molecule has 74 valence electrons. The van der Waals surface area contributed by atoms with E-state index in [1.807, 2.05) is 0 Å². The first kappa shape index (κ1) is 11.4. The average Bonchev–Trinajstić information content (AvgIpc) is 2.18. The van der Waals surface area contributed by atoms with Crippen LogP contribution in [0, 0.1) is 0 Å². The van der Waals surface area contributed by atoms with E-state index in [1.54, 1.807) is 52.9 Å². The van der Waals surface area contributed by atoms with E-state index in [0.717, 1.165) is 6.08 Å². The second-order valence-electron chi connectivity index (χ2n) is 2.42. The average molecular weight is 323 g/mol. The van der Waals surface area contributed by atoms with Crippen molar-refractivity contribution >= 4 is 38.7 Å². The molecule has 0 spiro atoms. The van der Waals surface area contributed by atoms with Gasteiger partial charge in [-0.25, -0.2) is 13.2 Å². The van der Waals surface area contributed by atoms with Gasteiger partial charge in [-0.1, -0.05) is 57.3 Å². The summed E-state index contributed by atoms with van der Waals surface area (Å²) in [6.45, 7) is 0. The van der Waals surface area contributed by atoms with Gasteiger partial charge in [0, 0.05) is 0 Å². The van der Waals surface area contributed by atoms with E-state index < -0.39 is 13.3 Å². The van der Waals surface area contributed by atoms with Crippen molar-refractivity contribution in [3.63, 3.8) is 0 Å². The van der Waals surface area contributed by atoms with Crippen molar-refractivity contribution < 1.29 is 13.2 Å². The van der Waals surface area contributed by atoms with Gasteiger partial charge < -0.3 is 0 Å². The molecule has 1 aromatic carbocycles. The number of alkyl halides is 1. The van der Waals surface area contributed by atoms with Crippen molar-refractivity contribution in [1.82, 2.24) is 0 Å². The lowest BCUT2D eigenvalue weighted by molar-refractivity contribution is 0.563. The van der Waals surface area contributed by atoms with Gasteiger partial charge in [-0.15, -0.1) is 0 Å². The summed E-state index contributed by atoms with van der Waals surface area (Å²) < 4.78 is 24.5. The van der Waals surface area contributed by atoms with Crippen LogP contribution in [0.1, 0.15) is 8.82 Å². The van der Waals surface area contributed by atoms with Crippen molar-refractivity contribution in [3.8, 4) is 0 Å². The first-order valence-electron chi connectivity index (χ1n) is 3.60. The minimum absolute atomic E-state index is 0.590. The molecule has 4 nitrogen and oxygen atoms in total. The third kappa shape index (κ3) is 2.63. The summed E-state index contributed by atoms with van der Waals surface area (Å²) in [7, 11) is -3.78. The van der Waals surface area contributed by atoms with Gasteiger partial charge in [0.1, 0.15) is 0 Å². The molecule has 1 aromatic rings. The maximum atomic E-state index is 11.3. The first-order chi connectivity index (χ1) is 6.58. The lowest BCUT2D eigenvalue weighted by atomic mass is 10.2. The fraction of sp³-hybridized carbons (Fsp3) is 0.125. The maximum Gasteiger partial charge on any atom is 0.279 e. The molecule has 1 rings (SSSR count). The topological polar surface area (TPSA) is 63.6 Å². The molecule has 0 heterocycles. The molecule has 0 bridgehead atoms. The lowest BCUT2D eigenvalue weighted by Crippen LogP contribution is -2.03. The molecule has 0 aliphatic heterocycles. The second-order valence-corrected chi connectivity index (χ2v) is 6.20. The van der Waals surface area contributed by atoms with E-state index in [0.29, 0.717) is 5.56 Å². The number of isocyanates is 1. The standard InChI is InChI=1S/C8H6INO3S/c9-8(14(12,13)10-6-11)7-4-2-1-3-5-7/h1-5,8H. The Morgan fingerprint density at radius 3 is 2.36 bits per heavy atom. The van der Waals surface area contributed by atoms with Crippen LogP contribution in [0.3, 0.4) is 0 Å². The zero-order chi connectivity index (χ0) is 10.6. The fourth-order valence-electron chi connectivity index (χ4n) is 0.875. The van der Waals surface area contributed by atoms with Crippen LogP contribution >= 0.6 is 22.6 Å². The Morgan fingerprint density at radius 1 is 1.29 bits per heavy atom. The highest BCUT2D eigenvalue weighted by molar-refractivity contribution is 14.1. The summed E-state index contributed by atoms with van der Waals surface area (Å²) in [5, 5.41) is 0. The SMILES string of the molecule is O=C=NS(=O)(=O)C(I)c1ccccc1. The summed E-state index contributed by atoms with van der Waals surface area (Å²) in [6.07, 6.45) is 1.04. The maximum absolute atomic E-state index is 11.3. The summed E-state index contributed by atoms with van der Waals surface area (Å²) in [5.74, 6) is 0. The van der Waals surface area contributed by atoms with Gasteiger partial charge in [-0.3, -0.25) is 0 Å². The molecule has 0 saturated carbocycles. The molecule has 0 aliphatic rings. The molecule has 0 N–H and O–H groups in total. The number of hydrogen-bond acceptors (Lipinski definition) is 3. The number of benzene rings is 1. The van der Waals surface area contributed by atoms with Gasteiger partial charge in [0.05, 0.1) is 0 Å². The van der Waals surface area contributed by atoms with Crippen LogP contribution in [-0.2, 0) is 14.8 Å². The summed E-state index contributed by atoms with van der Waals surface area (Å²) >= 11 is 1.71. The van der Waals surface area contributed by atoms with E-state index in [2.05, 4.69) is 4.40 Å². The Bertz CT molecular complexity index is 451. The van der Waals surface area contributed by atoms with Crippen LogP contribution in [-0.4, -0.2) is 14.5 Å². The van der Waals surface area contributed by atoms with Gasteiger partial charge >= 0.3 is 0 Å². The third-order valence-electron chi connectivity index (χ3n) is 1.49. The highest BCUT2D eigenvalue weighted by Crippen LogP contribution is 2.29. The number of carbonyl (C=O) groups excluding carboxylic acids is 1. The van der Waals surface area contributed by atoms with Crippen LogP contribution in [0.25, 0.3) is 0 Å². The number of hydrogen-bond donors (Lipinski definition) is 0. The molecule has 0 aliphatic carbocycles. The number of nitrogens with zero attached hydrogens (tertiary/aromatic N) is 1. The van der Waals surface area contributed by atoms with Gasteiger partial charge in [-0.2, -0.15) is 0 Å². The molecule has 1 unspecified atom stereocenters. The Balaban J connectivity index is 3.09. The highest BCUT2D eigenvalue weighted by Gasteiger charge is 2.23. The lowest BCUT2D eigenvalue weighted by Gasteiger charge is -2.05. The zero-order valence-corrected chi connectivity index (χ0v) is 9.90. The minimum Gasteiger partial charge on any atom is -0.210 e. The molecule has 0 amide bonds. The predicted molar refractivity (Wildman–Crippen MR) is 60.2 cm³/mol. The van der Waals surface area contributed by atoms with Crippen molar-refractivity contribution in [3.05, 3.63) is 35.9 Å². The molecule has 1 atom stereocenters. The van der Waals surface area contributed by atoms with E-state index in [9.17, 15) is 13.2 Å². The summed E-state index contributed by atoms with van der Waals surface area (Å²) in [5.41, 5.74) is 0.590. The summed E-state index contributed by atoms with van der Waals surface area (Å²) in [6, 6.07) is 8.55. The summed E-state index contributed by atoms with van der Waals surface area (Å²) in [4.78, 5) is 9.88. The van der Waals surface area contributed by atoms with Crippen molar-refractivity contribution in [1.29, 1.82) is 0 Å². The van der Waals surface area contributed by atoms with Gasteiger partial charge in [0.15, 0.2) is 3.26 Å². The van der Waals surface area contributed by atoms with Crippen molar-refractivity contribution in [2.24, 2.45) is 4.40 Å². The van der Waals surface area contributed by atoms with Crippen LogP contribution in [0.4, 0.5) is 0 Å². The van der Waals surface area contributed by atoms with Gasteiger partial charge in [0.2, 0.25) is 0 Å². The van der Waals surface area contributed by atoms with Crippen LogP contribution in [0.15, 0.2) is 34.7 Å². The Hall–Kier alpha value is -0.720. The Kier molecular flexibility index (Phi) is 3.79. The van der Waals surface area contributed by atoms with E-state index in [1.165, 1.54) is 0 Å². The largest absolute Gasteiger partial charge is 0.279 e. The first-order valence-corrected chi connectivity index (χ1v) is 6.35. The Morgan fingerprint density at radius 2 is 1.86 bits per heavy atom. The van der Waals surface area contributed by atoms with Crippen molar-refractivity contribution in [2.75, 3.05) is 0 Å². The fourth-order valence-corrected chi connectivity index (χ4v) is 2.33. The molecule has 0 fully saturated rings. The van der Waals surface area contributed by atoms with Crippen LogP contribution in [0.2, 0.25) is 0 Å². The van der Waals surface area contributed by atoms with Gasteiger partial charge in [-0.05, 0) is 5.56 Å². The molecule has 0 aromatic heterocycles. The quantitative estimate of drug-likeness (QED) is 0.369. The molecular weight excluding hydrogens is 317 g/mol. The van der Waals surface area contributed by atoms with Crippen LogP contribution in [0.5, 0.6) is 0 Å². The van der Waals surface area contributed by atoms with Crippen molar-refractivity contribution in [2.45, 2.75) is 3.26 Å². The van der Waals surface area contributed by atoms with Gasteiger partial charge in [0.25, 0.3) is 16.1 Å². The normalized spacial score (nSPS) is 12.9. The zero-order valence-electron chi connectivity index (χ0n) is 6.92. The Labute approximate surface area is 95.2 Å². The highest BCUT2D eigenvalue weighted by atomic mass is 127. The molecule has 14 heavy (non-hydrogen) atoms. The minimum atomic E-state index is -3.78. The predicted octanol–water partition coefficient (Wildman–Crippen LogP) is 1.79. The molecule has 0 saturated heterocycles. The second kappa shape index (κ2) is 4.68. The molecular formula is C8H6INO3S. The van der Waals surface area contributed by atoms with E-state index in [4.69, 9.17) is 0 Å². The van der Waals surface area contributed by atoms with Crippen LogP contribution < -0.4 is 0 Å². The number of sulfonamides is 1. The monoisotopic (exact) mass is 323 g/mol. The van der Waals surface area contributed by atoms with E-state index in [-0.39, 0.29) is 0 Å². The molecule has 6 heteroatoms. The van der Waals surface area contributed by atoms with E-state index >= 15 is 0 Å². The number of halogens is 1. The number of rotatable bonds is 3.